The predicted octanol–water partition coefficient (Wildman–Crippen LogP) is 2.59. The fourth-order valence-corrected chi connectivity index (χ4v) is 1.77. The van der Waals surface area contributed by atoms with E-state index in [1.54, 1.807) is 29.9 Å². The van der Waals surface area contributed by atoms with Gasteiger partial charge in [0, 0.05) is 6.20 Å². The van der Waals surface area contributed by atoms with Gasteiger partial charge in [0.2, 0.25) is 0 Å². The van der Waals surface area contributed by atoms with E-state index in [1.807, 2.05) is 13.8 Å². The summed E-state index contributed by atoms with van der Waals surface area (Å²) in [4.78, 5) is 4.24. The standard InChI is InChI=1S/C12H14ClN3O/c1-7-12(13)8(2)16(15-7)11-6-10(9(3)17)4-5-14-11/h4-6,9,17H,1-3H3/t9-/m0/s1. The Morgan fingerprint density at radius 1 is 1.41 bits per heavy atom. The summed E-state index contributed by atoms with van der Waals surface area (Å²) in [6, 6.07) is 3.59. The molecule has 0 saturated carbocycles. The molecule has 0 fully saturated rings. The number of halogens is 1. The van der Waals surface area contributed by atoms with Crippen molar-refractivity contribution in [2.24, 2.45) is 0 Å². The van der Waals surface area contributed by atoms with E-state index in [9.17, 15) is 5.11 Å². The number of aliphatic hydroxyl groups is 1. The quantitative estimate of drug-likeness (QED) is 0.893. The van der Waals surface area contributed by atoms with E-state index in [0.717, 1.165) is 17.0 Å². The Morgan fingerprint density at radius 2 is 2.12 bits per heavy atom. The third-order valence-electron chi connectivity index (χ3n) is 2.67. The van der Waals surface area contributed by atoms with Crippen molar-refractivity contribution in [2.75, 3.05) is 0 Å². The van der Waals surface area contributed by atoms with Crippen molar-refractivity contribution in [3.8, 4) is 5.82 Å². The topological polar surface area (TPSA) is 50.9 Å². The minimum atomic E-state index is -0.524. The molecule has 0 saturated heterocycles. The van der Waals surface area contributed by atoms with Crippen molar-refractivity contribution in [2.45, 2.75) is 26.9 Å². The minimum Gasteiger partial charge on any atom is -0.389 e. The smallest absolute Gasteiger partial charge is 0.153 e. The summed E-state index contributed by atoms with van der Waals surface area (Å²) in [6.07, 6.45) is 1.13. The zero-order valence-electron chi connectivity index (χ0n) is 9.98. The van der Waals surface area contributed by atoms with Crippen LogP contribution >= 0.6 is 11.6 Å². The maximum atomic E-state index is 9.54. The second-order valence-electron chi connectivity index (χ2n) is 4.02. The normalized spacial score (nSPS) is 12.8. The van der Waals surface area contributed by atoms with Crippen molar-refractivity contribution in [3.05, 3.63) is 40.3 Å². The van der Waals surface area contributed by atoms with Gasteiger partial charge in [0.1, 0.15) is 0 Å². The third kappa shape index (κ3) is 2.18. The van der Waals surface area contributed by atoms with Crippen molar-refractivity contribution in [1.29, 1.82) is 0 Å². The van der Waals surface area contributed by atoms with Gasteiger partial charge in [0.15, 0.2) is 5.82 Å². The van der Waals surface area contributed by atoms with Crippen molar-refractivity contribution >= 4 is 11.6 Å². The lowest BCUT2D eigenvalue weighted by Crippen LogP contribution is -2.03. The molecule has 1 atom stereocenters. The monoisotopic (exact) mass is 251 g/mol. The highest BCUT2D eigenvalue weighted by Gasteiger charge is 2.12. The molecule has 0 aliphatic heterocycles. The van der Waals surface area contributed by atoms with E-state index in [4.69, 9.17) is 11.6 Å². The maximum Gasteiger partial charge on any atom is 0.153 e. The molecular weight excluding hydrogens is 238 g/mol. The Kier molecular flexibility index (Phi) is 3.17. The van der Waals surface area contributed by atoms with Crippen LogP contribution in [-0.2, 0) is 0 Å². The lowest BCUT2D eigenvalue weighted by Gasteiger charge is -2.07. The first-order valence-electron chi connectivity index (χ1n) is 5.37. The number of rotatable bonds is 2. The number of aliphatic hydroxyl groups excluding tert-OH is 1. The molecule has 0 unspecified atom stereocenters. The van der Waals surface area contributed by atoms with Crippen LogP contribution in [-0.4, -0.2) is 19.9 Å². The van der Waals surface area contributed by atoms with Gasteiger partial charge in [-0.15, -0.1) is 0 Å². The van der Waals surface area contributed by atoms with Gasteiger partial charge >= 0.3 is 0 Å². The van der Waals surface area contributed by atoms with Crippen LogP contribution < -0.4 is 0 Å². The summed E-state index contributed by atoms with van der Waals surface area (Å²) in [5, 5.41) is 14.5. The summed E-state index contributed by atoms with van der Waals surface area (Å²) in [6.45, 7) is 5.46. The zero-order valence-corrected chi connectivity index (χ0v) is 10.7. The van der Waals surface area contributed by atoms with Crippen LogP contribution in [0.25, 0.3) is 5.82 Å². The molecule has 0 spiro atoms. The van der Waals surface area contributed by atoms with Crippen LogP contribution in [0, 0.1) is 13.8 Å². The van der Waals surface area contributed by atoms with Gasteiger partial charge in [-0.3, -0.25) is 0 Å². The fraction of sp³-hybridized carbons (Fsp3) is 0.333. The number of aryl methyl sites for hydroxylation is 1. The molecule has 2 rings (SSSR count). The first-order valence-corrected chi connectivity index (χ1v) is 5.74. The molecule has 0 aromatic carbocycles. The second kappa shape index (κ2) is 4.47. The summed E-state index contributed by atoms with van der Waals surface area (Å²) >= 11 is 6.09. The first kappa shape index (κ1) is 12.1. The van der Waals surface area contributed by atoms with E-state index >= 15 is 0 Å². The van der Waals surface area contributed by atoms with Crippen LogP contribution in [0.1, 0.15) is 30.0 Å². The second-order valence-corrected chi connectivity index (χ2v) is 4.40. The van der Waals surface area contributed by atoms with E-state index < -0.39 is 6.10 Å². The molecule has 0 aliphatic carbocycles. The highest BCUT2D eigenvalue weighted by atomic mass is 35.5. The highest BCUT2D eigenvalue weighted by molar-refractivity contribution is 6.31. The molecule has 17 heavy (non-hydrogen) atoms. The molecule has 2 aromatic heterocycles. The molecule has 2 heterocycles. The van der Waals surface area contributed by atoms with Gasteiger partial charge in [-0.1, -0.05) is 11.6 Å². The Hall–Kier alpha value is -1.39. The molecular formula is C12H14ClN3O. The Morgan fingerprint density at radius 3 is 2.65 bits per heavy atom. The van der Waals surface area contributed by atoms with Gasteiger partial charge in [-0.2, -0.15) is 5.10 Å². The Bertz CT molecular complexity index is 549. The molecule has 90 valence electrons. The van der Waals surface area contributed by atoms with Crippen LogP contribution in [0.4, 0.5) is 0 Å². The average Bonchev–Trinajstić information content (AvgIpc) is 2.57. The molecule has 5 heteroatoms. The summed E-state index contributed by atoms with van der Waals surface area (Å²) in [7, 11) is 0. The molecule has 0 aliphatic rings. The van der Waals surface area contributed by atoms with Crippen molar-refractivity contribution < 1.29 is 5.11 Å². The zero-order chi connectivity index (χ0) is 12.6. The molecule has 2 aromatic rings. The van der Waals surface area contributed by atoms with E-state index in [-0.39, 0.29) is 0 Å². The predicted molar refractivity (Wildman–Crippen MR) is 66.5 cm³/mol. The molecule has 0 radical (unpaired) electrons. The average molecular weight is 252 g/mol. The number of hydrogen-bond donors (Lipinski definition) is 1. The van der Waals surface area contributed by atoms with E-state index in [0.29, 0.717) is 10.8 Å². The minimum absolute atomic E-state index is 0.524. The molecule has 0 bridgehead atoms. The molecule has 4 nitrogen and oxygen atoms in total. The van der Waals surface area contributed by atoms with Crippen LogP contribution in [0.2, 0.25) is 5.02 Å². The highest BCUT2D eigenvalue weighted by Crippen LogP contribution is 2.22. The summed E-state index contributed by atoms with van der Waals surface area (Å²) in [5.41, 5.74) is 2.42. The third-order valence-corrected chi connectivity index (χ3v) is 3.22. The number of pyridine rings is 1. The maximum absolute atomic E-state index is 9.54. The van der Waals surface area contributed by atoms with Gasteiger partial charge in [-0.25, -0.2) is 9.67 Å². The van der Waals surface area contributed by atoms with Crippen LogP contribution in [0.15, 0.2) is 18.3 Å². The lowest BCUT2D eigenvalue weighted by molar-refractivity contribution is 0.199. The fourth-order valence-electron chi connectivity index (χ4n) is 1.66. The van der Waals surface area contributed by atoms with Crippen molar-refractivity contribution in [1.82, 2.24) is 14.8 Å². The number of nitrogens with zero attached hydrogens (tertiary/aromatic N) is 3. The van der Waals surface area contributed by atoms with Gasteiger partial charge < -0.3 is 5.11 Å². The first-order chi connectivity index (χ1) is 8.00. The molecule has 1 N–H and O–H groups in total. The summed E-state index contributed by atoms with van der Waals surface area (Å²) in [5.74, 6) is 0.663. The van der Waals surface area contributed by atoms with Crippen molar-refractivity contribution in [3.63, 3.8) is 0 Å². The number of hydrogen-bond acceptors (Lipinski definition) is 3. The van der Waals surface area contributed by atoms with Crippen LogP contribution in [0.3, 0.4) is 0 Å². The summed E-state index contributed by atoms with van der Waals surface area (Å²) < 4.78 is 1.68. The SMILES string of the molecule is Cc1nn(-c2cc([C@H](C)O)ccn2)c(C)c1Cl. The van der Waals surface area contributed by atoms with E-state index in [1.165, 1.54) is 0 Å². The van der Waals surface area contributed by atoms with Gasteiger partial charge in [0.05, 0.1) is 22.5 Å². The van der Waals surface area contributed by atoms with Crippen LogP contribution in [0.5, 0.6) is 0 Å². The number of aromatic nitrogens is 3. The largest absolute Gasteiger partial charge is 0.389 e. The van der Waals surface area contributed by atoms with Gasteiger partial charge in [-0.05, 0) is 38.5 Å². The van der Waals surface area contributed by atoms with Gasteiger partial charge in [0.25, 0.3) is 0 Å². The van der Waals surface area contributed by atoms with E-state index in [2.05, 4.69) is 10.1 Å². The Labute approximate surface area is 105 Å². The molecule has 0 amide bonds. The lowest BCUT2D eigenvalue weighted by atomic mass is 10.2. The Balaban J connectivity index is 2.53.